The Morgan fingerprint density at radius 3 is 2.66 bits per heavy atom. The number of anilines is 1. The maximum Gasteiger partial charge on any atom is 0.349 e. The molecule has 0 radical (unpaired) electrons. The first kappa shape index (κ1) is 20.6. The summed E-state index contributed by atoms with van der Waals surface area (Å²) in [5, 5.41) is 3.49. The van der Waals surface area contributed by atoms with E-state index in [1.165, 1.54) is 0 Å². The Morgan fingerprint density at radius 2 is 1.97 bits per heavy atom. The lowest BCUT2D eigenvalue weighted by atomic mass is 10.0. The summed E-state index contributed by atoms with van der Waals surface area (Å²) < 4.78 is 10.9. The lowest BCUT2D eigenvalue weighted by Crippen LogP contribution is -2.21. The van der Waals surface area contributed by atoms with E-state index in [1.54, 1.807) is 25.3 Å². The zero-order valence-electron chi connectivity index (χ0n) is 17.2. The number of nitrogens with one attached hydrogen (secondary N) is 1. The predicted octanol–water partition coefficient (Wildman–Crippen LogP) is 4.07. The fourth-order valence-corrected chi connectivity index (χ4v) is 3.37. The van der Waals surface area contributed by atoms with Crippen LogP contribution in [-0.2, 0) is 13.0 Å². The summed E-state index contributed by atoms with van der Waals surface area (Å²) >= 11 is 0. The molecule has 2 aromatic carbocycles. The Bertz CT molecular complexity index is 1090. The molecule has 0 unspecified atom stereocenters. The van der Waals surface area contributed by atoms with Crippen LogP contribution >= 0.6 is 0 Å². The molecule has 152 valence electrons. The molecule has 0 atom stereocenters. The fourth-order valence-electron chi connectivity index (χ4n) is 3.37. The molecule has 3 rings (SSSR count). The van der Waals surface area contributed by atoms with Crippen molar-refractivity contribution in [3.63, 3.8) is 0 Å². The Morgan fingerprint density at radius 1 is 1.17 bits per heavy atom. The van der Waals surface area contributed by atoms with Gasteiger partial charge in [-0.1, -0.05) is 25.5 Å². The lowest BCUT2D eigenvalue weighted by Gasteiger charge is -2.12. The number of aryl methyl sites for hydroxylation is 1. The standard InChI is InChI=1S/C23H26N2O4/c1-5-7-18-20(28-4)11-10-16-13-19(23(27)29-21(16)18)22(26)24-17-9-6-8-15(12-17)14-25(2)3/h6,8-13H,5,7,14H2,1-4H3,(H,24,26). The van der Waals surface area contributed by atoms with Gasteiger partial charge in [0.15, 0.2) is 0 Å². The van der Waals surface area contributed by atoms with Crippen LogP contribution in [0.4, 0.5) is 5.69 Å². The van der Waals surface area contributed by atoms with Crippen molar-refractivity contribution < 1.29 is 13.9 Å². The van der Waals surface area contributed by atoms with Crippen molar-refractivity contribution in [1.29, 1.82) is 0 Å². The molecule has 0 aliphatic heterocycles. The molecule has 0 aliphatic carbocycles. The number of nitrogens with zero attached hydrogens (tertiary/aromatic N) is 1. The summed E-state index contributed by atoms with van der Waals surface area (Å²) in [5.41, 5.74) is 2.33. The van der Waals surface area contributed by atoms with Gasteiger partial charge in [-0.3, -0.25) is 4.79 Å². The van der Waals surface area contributed by atoms with Crippen LogP contribution in [0.5, 0.6) is 5.75 Å². The minimum absolute atomic E-state index is 0.0249. The van der Waals surface area contributed by atoms with Crippen LogP contribution in [0.25, 0.3) is 11.0 Å². The minimum Gasteiger partial charge on any atom is -0.496 e. The van der Waals surface area contributed by atoms with E-state index in [0.29, 0.717) is 28.8 Å². The topological polar surface area (TPSA) is 71.8 Å². The summed E-state index contributed by atoms with van der Waals surface area (Å²) in [6.45, 7) is 2.80. The molecular formula is C23H26N2O4. The molecule has 0 spiro atoms. The number of methoxy groups -OCH3 is 1. The first-order valence-corrected chi connectivity index (χ1v) is 9.61. The van der Waals surface area contributed by atoms with Gasteiger partial charge in [-0.15, -0.1) is 0 Å². The van der Waals surface area contributed by atoms with E-state index in [4.69, 9.17) is 9.15 Å². The third-order valence-electron chi connectivity index (χ3n) is 4.61. The molecule has 1 amide bonds. The monoisotopic (exact) mass is 394 g/mol. The largest absolute Gasteiger partial charge is 0.496 e. The Balaban J connectivity index is 1.94. The first-order valence-electron chi connectivity index (χ1n) is 9.61. The molecule has 6 heteroatoms. The van der Waals surface area contributed by atoms with E-state index in [2.05, 4.69) is 5.32 Å². The molecule has 6 nitrogen and oxygen atoms in total. The molecule has 1 aromatic heterocycles. The molecule has 1 N–H and O–H groups in total. The molecule has 29 heavy (non-hydrogen) atoms. The summed E-state index contributed by atoms with van der Waals surface area (Å²) in [7, 11) is 5.55. The quantitative estimate of drug-likeness (QED) is 0.612. The minimum atomic E-state index is -0.662. The van der Waals surface area contributed by atoms with Gasteiger partial charge < -0.3 is 19.4 Å². The highest BCUT2D eigenvalue weighted by Gasteiger charge is 2.17. The average Bonchev–Trinajstić information content (AvgIpc) is 2.68. The number of carbonyl (C=O) groups excluding carboxylic acids is 1. The van der Waals surface area contributed by atoms with Gasteiger partial charge in [-0.2, -0.15) is 0 Å². The first-order chi connectivity index (χ1) is 13.9. The van der Waals surface area contributed by atoms with Gasteiger partial charge >= 0.3 is 5.63 Å². The van der Waals surface area contributed by atoms with E-state index >= 15 is 0 Å². The van der Waals surface area contributed by atoms with Crippen molar-refractivity contribution in [2.24, 2.45) is 0 Å². The van der Waals surface area contributed by atoms with E-state index < -0.39 is 11.5 Å². The van der Waals surface area contributed by atoms with Crippen LogP contribution in [0.15, 0.2) is 51.7 Å². The van der Waals surface area contributed by atoms with Gasteiger partial charge in [0.25, 0.3) is 5.91 Å². The van der Waals surface area contributed by atoms with Gasteiger partial charge in [0, 0.05) is 23.2 Å². The zero-order valence-corrected chi connectivity index (χ0v) is 17.2. The van der Waals surface area contributed by atoms with Crippen LogP contribution in [0.2, 0.25) is 0 Å². The van der Waals surface area contributed by atoms with Crippen molar-refractivity contribution in [1.82, 2.24) is 4.90 Å². The van der Waals surface area contributed by atoms with E-state index in [-0.39, 0.29) is 5.56 Å². The molecule has 0 aliphatic rings. The Kier molecular flexibility index (Phi) is 6.34. The summed E-state index contributed by atoms with van der Waals surface area (Å²) in [4.78, 5) is 27.3. The highest BCUT2D eigenvalue weighted by Crippen LogP contribution is 2.29. The van der Waals surface area contributed by atoms with Gasteiger partial charge in [0.05, 0.1) is 7.11 Å². The van der Waals surface area contributed by atoms with Gasteiger partial charge in [-0.25, -0.2) is 4.79 Å². The zero-order chi connectivity index (χ0) is 21.0. The van der Waals surface area contributed by atoms with E-state index in [0.717, 1.165) is 24.1 Å². The molecule has 0 fully saturated rings. The third-order valence-corrected chi connectivity index (χ3v) is 4.61. The second-order valence-corrected chi connectivity index (χ2v) is 7.25. The van der Waals surface area contributed by atoms with Crippen molar-refractivity contribution in [2.45, 2.75) is 26.3 Å². The fraction of sp³-hybridized carbons (Fsp3) is 0.304. The summed E-state index contributed by atoms with van der Waals surface area (Å²) in [6.07, 6.45) is 1.60. The molecule has 1 heterocycles. The summed E-state index contributed by atoms with van der Waals surface area (Å²) in [5.74, 6) is 0.188. The number of fused-ring (bicyclic) bond motifs is 1. The molecule has 0 bridgehead atoms. The third kappa shape index (κ3) is 4.66. The van der Waals surface area contributed by atoms with Gasteiger partial charge in [0.1, 0.15) is 16.9 Å². The normalized spacial score (nSPS) is 11.1. The highest BCUT2D eigenvalue weighted by atomic mass is 16.5. The van der Waals surface area contributed by atoms with Crippen LogP contribution in [-0.4, -0.2) is 32.0 Å². The molecular weight excluding hydrogens is 368 g/mol. The van der Waals surface area contributed by atoms with Crippen LogP contribution in [0.3, 0.4) is 0 Å². The summed E-state index contributed by atoms with van der Waals surface area (Å²) in [6, 6.07) is 12.8. The molecule has 3 aromatic rings. The smallest absolute Gasteiger partial charge is 0.349 e. The second-order valence-electron chi connectivity index (χ2n) is 7.25. The Labute approximate surface area is 170 Å². The number of carbonyl (C=O) groups is 1. The number of ether oxygens (including phenoxy) is 1. The number of benzene rings is 2. The van der Waals surface area contributed by atoms with Crippen LogP contribution in [0, 0.1) is 0 Å². The van der Waals surface area contributed by atoms with E-state index in [9.17, 15) is 9.59 Å². The number of amides is 1. The van der Waals surface area contributed by atoms with Gasteiger partial charge in [-0.05, 0) is 56.4 Å². The molecule has 0 saturated carbocycles. The maximum atomic E-state index is 12.7. The van der Waals surface area contributed by atoms with Crippen molar-refractivity contribution >= 4 is 22.6 Å². The van der Waals surface area contributed by atoms with Crippen LogP contribution < -0.4 is 15.7 Å². The second kappa shape index (κ2) is 8.92. The average molecular weight is 394 g/mol. The highest BCUT2D eigenvalue weighted by molar-refractivity contribution is 6.05. The van der Waals surface area contributed by atoms with Crippen LogP contribution in [0.1, 0.15) is 34.8 Å². The lowest BCUT2D eigenvalue weighted by molar-refractivity contribution is 0.102. The van der Waals surface area contributed by atoms with Crippen molar-refractivity contribution in [2.75, 3.05) is 26.5 Å². The number of hydrogen-bond donors (Lipinski definition) is 1. The van der Waals surface area contributed by atoms with E-state index in [1.807, 2.05) is 50.2 Å². The Hall–Kier alpha value is -3.12. The van der Waals surface area contributed by atoms with Crippen molar-refractivity contribution in [3.8, 4) is 5.75 Å². The predicted molar refractivity (Wildman–Crippen MR) is 115 cm³/mol. The number of rotatable bonds is 7. The number of hydrogen-bond acceptors (Lipinski definition) is 5. The van der Waals surface area contributed by atoms with Crippen molar-refractivity contribution in [3.05, 3.63) is 69.6 Å². The molecule has 0 saturated heterocycles. The SMILES string of the molecule is CCCc1c(OC)ccc2cc(C(=O)Nc3cccc(CN(C)C)c3)c(=O)oc12. The van der Waals surface area contributed by atoms with Gasteiger partial charge in [0.2, 0.25) is 0 Å². The maximum absolute atomic E-state index is 12.7.